The largest absolute Gasteiger partial charge is 0.298 e. The lowest BCUT2D eigenvalue weighted by atomic mass is 10.2. The molecule has 0 aromatic heterocycles. The van der Waals surface area contributed by atoms with Crippen LogP contribution in [0.1, 0.15) is 24.2 Å². The second-order valence-corrected chi connectivity index (χ2v) is 2.74. The number of carbonyl (C=O) groups is 1. The van der Waals surface area contributed by atoms with E-state index < -0.39 is 0 Å². The maximum atomic E-state index is 10.5. The normalized spacial score (nSPS) is 9.17. The van der Waals surface area contributed by atoms with E-state index in [1.165, 1.54) is 0 Å². The van der Waals surface area contributed by atoms with E-state index in [1.807, 2.05) is 32.0 Å². The minimum absolute atomic E-state index is 0.638. The van der Waals surface area contributed by atoms with Crippen molar-refractivity contribution in [2.45, 2.75) is 13.8 Å². The highest BCUT2D eigenvalue weighted by Gasteiger charge is 1.96. The van der Waals surface area contributed by atoms with Gasteiger partial charge in [0.05, 0.1) is 5.69 Å². The summed E-state index contributed by atoms with van der Waals surface area (Å²) in [4.78, 5) is 14.8. The van der Waals surface area contributed by atoms with Crippen LogP contribution in [0.25, 0.3) is 0 Å². The molecule has 0 heterocycles. The lowest BCUT2D eigenvalue weighted by Gasteiger charge is -1.97. The summed E-state index contributed by atoms with van der Waals surface area (Å²) >= 11 is 0. The fourth-order valence-corrected chi connectivity index (χ4v) is 0.930. The first-order valence-electron chi connectivity index (χ1n) is 3.80. The standard InChI is InChI=1S/C10H11NO/c1-8(2)11-10-6-4-3-5-9(10)7-12/h3-7H,1-2H3. The molecule has 62 valence electrons. The summed E-state index contributed by atoms with van der Waals surface area (Å²) in [6.45, 7) is 3.81. The van der Waals surface area contributed by atoms with Gasteiger partial charge in [0.1, 0.15) is 0 Å². The van der Waals surface area contributed by atoms with E-state index >= 15 is 0 Å². The second kappa shape index (κ2) is 3.81. The molecule has 1 rings (SSSR count). The van der Waals surface area contributed by atoms with Crippen LogP contribution in [-0.2, 0) is 0 Å². The molecular weight excluding hydrogens is 150 g/mol. The van der Waals surface area contributed by atoms with Crippen LogP contribution in [-0.4, -0.2) is 12.0 Å². The van der Waals surface area contributed by atoms with Gasteiger partial charge in [-0.1, -0.05) is 12.1 Å². The summed E-state index contributed by atoms with van der Waals surface area (Å²) in [6, 6.07) is 7.29. The Bertz CT molecular complexity index is 311. The minimum Gasteiger partial charge on any atom is -0.298 e. The van der Waals surface area contributed by atoms with Gasteiger partial charge in [-0.2, -0.15) is 0 Å². The molecule has 0 spiro atoms. The van der Waals surface area contributed by atoms with E-state index in [4.69, 9.17) is 0 Å². The van der Waals surface area contributed by atoms with E-state index in [9.17, 15) is 4.79 Å². The number of para-hydroxylation sites is 1. The van der Waals surface area contributed by atoms with Gasteiger partial charge in [-0.25, -0.2) is 0 Å². The lowest BCUT2D eigenvalue weighted by Crippen LogP contribution is -1.83. The Kier molecular flexibility index (Phi) is 2.75. The van der Waals surface area contributed by atoms with Crippen molar-refractivity contribution in [3.8, 4) is 0 Å². The van der Waals surface area contributed by atoms with Crippen molar-refractivity contribution in [2.75, 3.05) is 0 Å². The molecule has 2 heteroatoms. The van der Waals surface area contributed by atoms with Crippen molar-refractivity contribution in [3.63, 3.8) is 0 Å². The number of aliphatic imine (C=N–C) groups is 1. The molecule has 0 saturated heterocycles. The smallest absolute Gasteiger partial charge is 0.152 e. The van der Waals surface area contributed by atoms with E-state index in [0.717, 1.165) is 17.7 Å². The van der Waals surface area contributed by atoms with Gasteiger partial charge in [0.2, 0.25) is 0 Å². The van der Waals surface area contributed by atoms with Crippen LogP contribution in [0.15, 0.2) is 29.3 Å². The summed E-state index contributed by atoms with van der Waals surface area (Å²) < 4.78 is 0. The summed E-state index contributed by atoms with van der Waals surface area (Å²) in [5.41, 5.74) is 2.33. The Labute approximate surface area is 71.9 Å². The zero-order chi connectivity index (χ0) is 8.97. The zero-order valence-corrected chi connectivity index (χ0v) is 7.24. The number of hydrogen-bond acceptors (Lipinski definition) is 2. The monoisotopic (exact) mass is 161 g/mol. The fraction of sp³-hybridized carbons (Fsp3) is 0.200. The van der Waals surface area contributed by atoms with Gasteiger partial charge in [0.15, 0.2) is 6.29 Å². The van der Waals surface area contributed by atoms with E-state index in [-0.39, 0.29) is 0 Å². The van der Waals surface area contributed by atoms with Gasteiger partial charge >= 0.3 is 0 Å². The Hall–Kier alpha value is -1.44. The van der Waals surface area contributed by atoms with E-state index in [2.05, 4.69) is 4.99 Å². The Morgan fingerprint density at radius 3 is 2.58 bits per heavy atom. The molecule has 0 amide bonds. The van der Waals surface area contributed by atoms with Gasteiger partial charge in [-0.05, 0) is 26.0 Å². The van der Waals surface area contributed by atoms with Crippen LogP contribution in [0.2, 0.25) is 0 Å². The molecule has 0 fully saturated rings. The first kappa shape index (κ1) is 8.65. The molecule has 2 nitrogen and oxygen atoms in total. The highest BCUT2D eigenvalue weighted by molar-refractivity contribution is 5.88. The number of nitrogens with zero attached hydrogens (tertiary/aromatic N) is 1. The topological polar surface area (TPSA) is 29.4 Å². The number of carbonyl (C=O) groups excluding carboxylic acids is 1. The molecular formula is C10H11NO. The molecule has 1 aromatic carbocycles. The third-order valence-electron chi connectivity index (χ3n) is 1.41. The van der Waals surface area contributed by atoms with Crippen LogP contribution in [0.5, 0.6) is 0 Å². The van der Waals surface area contributed by atoms with Gasteiger partial charge in [-0.15, -0.1) is 0 Å². The minimum atomic E-state index is 0.638. The number of aldehydes is 1. The van der Waals surface area contributed by atoms with Crippen molar-refractivity contribution in [3.05, 3.63) is 29.8 Å². The van der Waals surface area contributed by atoms with E-state index in [0.29, 0.717) is 5.56 Å². The van der Waals surface area contributed by atoms with Crippen molar-refractivity contribution in [1.82, 2.24) is 0 Å². The highest BCUT2D eigenvalue weighted by Crippen LogP contribution is 2.16. The molecule has 1 aromatic rings. The summed E-state index contributed by atoms with van der Waals surface area (Å²) in [5.74, 6) is 0. The van der Waals surface area contributed by atoms with Gasteiger partial charge in [0, 0.05) is 11.3 Å². The number of rotatable bonds is 2. The highest BCUT2D eigenvalue weighted by atomic mass is 16.1. The maximum Gasteiger partial charge on any atom is 0.152 e. The molecule has 0 unspecified atom stereocenters. The average Bonchev–Trinajstić information content (AvgIpc) is 2.04. The Morgan fingerprint density at radius 2 is 2.00 bits per heavy atom. The number of benzene rings is 1. The quantitative estimate of drug-likeness (QED) is 0.484. The SMILES string of the molecule is CC(C)=Nc1ccccc1C=O. The third-order valence-corrected chi connectivity index (χ3v) is 1.41. The van der Waals surface area contributed by atoms with Crippen molar-refractivity contribution < 1.29 is 4.79 Å². The van der Waals surface area contributed by atoms with Crippen molar-refractivity contribution in [2.24, 2.45) is 4.99 Å². The average molecular weight is 161 g/mol. The van der Waals surface area contributed by atoms with E-state index in [1.54, 1.807) is 6.07 Å². The predicted octanol–water partition coefficient (Wildman–Crippen LogP) is 2.61. The van der Waals surface area contributed by atoms with Crippen LogP contribution < -0.4 is 0 Å². The lowest BCUT2D eigenvalue weighted by molar-refractivity contribution is 0.112. The van der Waals surface area contributed by atoms with Crippen molar-refractivity contribution >= 4 is 17.7 Å². The first-order chi connectivity index (χ1) is 5.74. The first-order valence-corrected chi connectivity index (χ1v) is 3.80. The van der Waals surface area contributed by atoms with Gasteiger partial charge in [0.25, 0.3) is 0 Å². The molecule has 0 N–H and O–H groups in total. The molecule has 0 radical (unpaired) electrons. The Morgan fingerprint density at radius 1 is 1.33 bits per heavy atom. The molecule has 0 bridgehead atoms. The number of hydrogen-bond donors (Lipinski definition) is 0. The molecule has 0 aliphatic carbocycles. The summed E-state index contributed by atoms with van der Waals surface area (Å²) in [5, 5.41) is 0. The van der Waals surface area contributed by atoms with Crippen LogP contribution in [0.3, 0.4) is 0 Å². The predicted molar refractivity (Wildman–Crippen MR) is 50.3 cm³/mol. The molecule has 0 atom stereocenters. The summed E-state index contributed by atoms with van der Waals surface area (Å²) in [7, 11) is 0. The zero-order valence-electron chi connectivity index (χ0n) is 7.24. The van der Waals surface area contributed by atoms with Crippen LogP contribution >= 0.6 is 0 Å². The van der Waals surface area contributed by atoms with Gasteiger partial charge < -0.3 is 0 Å². The molecule has 0 aliphatic rings. The summed E-state index contributed by atoms with van der Waals surface area (Å²) in [6.07, 6.45) is 0.821. The van der Waals surface area contributed by atoms with Gasteiger partial charge in [-0.3, -0.25) is 9.79 Å². The Balaban J connectivity index is 3.14. The maximum absolute atomic E-state index is 10.5. The third kappa shape index (κ3) is 2.02. The van der Waals surface area contributed by atoms with Crippen LogP contribution in [0.4, 0.5) is 5.69 Å². The second-order valence-electron chi connectivity index (χ2n) is 2.74. The van der Waals surface area contributed by atoms with Crippen LogP contribution in [0, 0.1) is 0 Å². The molecule has 0 aliphatic heterocycles. The molecule has 0 saturated carbocycles. The van der Waals surface area contributed by atoms with Crippen molar-refractivity contribution in [1.29, 1.82) is 0 Å². The fourth-order valence-electron chi connectivity index (χ4n) is 0.930. The molecule has 12 heavy (non-hydrogen) atoms.